The van der Waals surface area contributed by atoms with Crippen LogP contribution in [-0.2, 0) is 0 Å². The highest BCUT2D eigenvalue weighted by Crippen LogP contribution is 2.07. The molecular formula is C3H7N5O3. The van der Waals surface area contributed by atoms with E-state index in [0.717, 1.165) is 0 Å². The molecule has 0 saturated carbocycles. The number of nitroso groups, excluding NO2 is 2. The lowest BCUT2D eigenvalue weighted by molar-refractivity contribution is 0.120. The molecule has 8 heteroatoms. The van der Waals surface area contributed by atoms with E-state index in [1.807, 2.05) is 0 Å². The van der Waals surface area contributed by atoms with E-state index >= 15 is 0 Å². The van der Waals surface area contributed by atoms with E-state index in [4.69, 9.17) is 16.4 Å². The minimum absolute atomic E-state index is 0.544. The molecule has 0 bridgehead atoms. The Morgan fingerprint density at radius 3 is 2.18 bits per heavy atom. The Balaban J connectivity index is 4.56. The van der Waals surface area contributed by atoms with Gasteiger partial charge in [-0.1, -0.05) is 0 Å². The normalized spacial score (nSPS) is 13.6. The summed E-state index contributed by atoms with van der Waals surface area (Å²) in [7, 11) is 0. The highest BCUT2D eigenvalue weighted by Gasteiger charge is 2.37. The van der Waals surface area contributed by atoms with Gasteiger partial charge in [-0.3, -0.25) is 5.73 Å². The molecule has 0 aromatic carbocycles. The second kappa shape index (κ2) is 3.81. The maximum Gasteiger partial charge on any atom is 0.304 e. The van der Waals surface area contributed by atoms with Gasteiger partial charge < -0.3 is 10.6 Å². The number of rotatable bonds is 5. The van der Waals surface area contributed by atoms with Crippen LogP contribution in [0.5, 0.6) is 0 Å². The maximum absolute atomic E-state index is 9.89. The number of nitrogens with zero attached hydrogens (tertiary/aromatic N) is 2. The molecule has 0 radical (unpaired) electrons. The number of nitrogens with two attached hydrogens (primary N) is 1. The van der Waals surface area contributed by atoms with E-state index in [0.29, 0.717) is 6.21 Å². The minimum atomic E-state index is -2.36. The smallest absolute Gasteiger partial charge is 0.304 e. The first kappa shape index (κ1) is 9.75. The third kappa shape index (κ3) is 1.83. The average Bonchev–Trinajstić information content (AvgIpc) is 2.06. The maximum atomic E-state index is 9.89. The molecule has 1 unspecified atom stereocenters. The van der Waals surface area contributed by atoms with Crippen molar-refractivity contribution in [2.75, 3.05) is 0 Å². The van der Waals surface area contributed by atoms with Gasteiger partial charge in [-0.05, 0) is 10.4 Å². The zero-order valence-corrected chi connectivity index (χ0v) is 5.39. The highest BCUT2D eigenvalue weighted by molar-refractivity contribution is 5.62. The molecule has 0 rings (SSSR count). The van der Waals surface area contributed by atoms with Gasteiger partial charge in [-0.25, -0.2) is 0 Å². The first-order valence-electron chi connectivity index (χ1n) is 2.52. The predicted octanol–water partition coefficient (Wildman–Crippen LogP) is -0.871. The van der Waals surface area contributed by atoms with Crippen LogP contribution in [0, 0.1) is 15.2 Å². The monoisotopic (exact) mass is 161 g/mol. The summed E-state index contributed by atoms with van der Waals surface area (Å²) in [6.07, 6.45) is 0.544. The molecule has 0 aliphatic carbocycles. The van der Waals surface area contributed by atoms with Gasteiger partial charge in [0.2, 0.25) is 0 Å². The van der Waals surface area contributed by atoms with Gasteiger partial charge in [0, 0.05) is 6.21 Å². The Hall–Kier alpha value is -1.25. The Kier molecular flexibility index (Phi) is 3.37. The molecule has 1 atom stereocenters. The molecule has 8 nitrogen and oxygen atoms in total. The third-order valence-corrected chi connectivity index (χ3v) is 1.06. The van der Waals surface area contributed by atoms with Crippen LogP contribution in [-0.4, -0.2) is 23.3 Å². The van der Waals surface area contributed by atoms with Crippen molar-refractivity contribution in [3.05, 3.63) is 9.81 Å². The van der Waals surface area contributed by atoms with Crippen molar-refractivity contribution in [1.82, 2.24) is 5.48 Å². The Morgan fingerprint density at radius 2 is 2.09 bits per heavy atom. The lowest BCUT2D eigenvalue weighted by Crippen LogP contribution is -2.54. The lowest BCUT2D eigenvalue weighted by Gasteiger charge is -2.18. The van der Waals surface area contributed by atoms with E-state index in [9.17, 15) is 9.81 Å². The number of hydroxylamine groups is 1. The molecule has 62 valence electrons. The van der Waals surface area contributed by atoms with Crippen LogP contribution in [0.2, 0.25) is 0 Å². The first-order chi connectivity index (χ1) is 5.14. The summed E-state index contributed by atoms with van der Waals surface area (Å²) in [5.74, 6) is -2.36. The van der Waals surface area contributed by atoms with Crippen LogP contribution in [0.3, 0.4) is 0 Å². The van der Waals surface area contributed by atoms with Gasteiger partial charge in [-0.2, -0.15) is 5.48 Å². The summed E-state index contributed by atoms with van der Waals surface area (Å²) in [4.78, 5) is 19.8. The van der Waals surface area contributed by atoms with E-state index < -0.39 is 11.8 Å². The molecule has 0 aliphatic heterocycles. The van der Waals surface area contributed by atoms with Crippen LogP contribution in [0.25, 0.3) is 0 Å². The van der Waals surface area contributed by atoms with Crippen LogP contribution in [0.1, 0.15) is 0 Å². The number of hydrogen-bond donors (Lipinski definition) is 4. The first-order valence-corrected chi connectivity index (χ1v) is 2.52. The van der Waals surface area contributed by atoms with Crippen molar-refractivity contribution >= 4 is 6.21 Å². The van der Waals surface area contributed by atoms with Crippen molar-refractivity contribution in [3.8, 4) is 0 Å². The zero-order chi connectivity index (χ0) is 8.91. The van der Waals surface area contributed by atoms with Gasteiger partial charge in [0.1, 0.15) is 6.04 Å². The molecule has 0 amide bonds. The van der Waals surface area contributed by atoms with Gasteiger partial charge >= 0.3 is 5.79 Å². The quantitative estimate of drug-likeness (QED) is 0.235. The Morgan fingerprint density at radius 1 is 1.64 bits per heavy atom. The Labute approximate surface area is 61.2 Å². The summed E-state index contributed by atoms with van der Waals surface area (Å²) in [6.45, 7) is 0. The second-order valence-corrected chi connectivity index (χ2v) is 1.74. The summed E-state index contributed by atoms with van der Waals surface area (Å²) in [5.41, 5.74) is 6.37. The zero-order valence-electron chi connectivity index (χ0n) is 5.39. The van der Waals surface area contributed by atoms with Crippen molar-refractivity contribution in [3.63, 3.8) is 0 Å². The fourth-order valence-electron chi connectivity index (χ4n) is 0.385. The van der Waals surface area contributed by atoms with E-state index in [2.05, 4.69) is 10.4 Å². The predicted molar refractivity (Wildman–Crippen MR) is 36.0 cm³/mol. The van der Waals surface area contributed by atoms with E-state index in [1.54, 1.807) is 0 Å². The molecule has 0 heterocycles. The second-order valence-electron chi connectivity index (χ2n) is 1.74. The van der Waals surface area contributed by atoms with Crippen molar-refractivity contribution in [1.29, 1.82) is 5.41 Å². The molecule has 0 saturated heterocycles. The molecule has 11 heavy (non-hydrogen) atoms. The van der Waals surface area contributed by atoms with Gasteiger partial charge in [-0.15, -0.1) is 9.81 Å². The SMILES string of the molecule is N=CC(NO)C(N)(N=O)N=O. The summed E-state index contributed by atoms with van der Waals surface area (Å²) >= 11 is 0. The van der Waals surface area contributed by atoms with Gasteiger partial charge in [0.25, 0.3) is 0 Å². The lowest BCUT2D eigenvalue weighted by atomic mass is 10.2. The number of hydrogen-bond acceptors (Lipinski definition) is 8. The topological polar surface area (TPSA) is 141 Å². The van der Waals surface area contributed by atoms with Crippen molar-refractivity contribution < 1.29 is 5.21 Å². The average molecular weight is 161 g/mol. The minimum Gasteiger partial charge on any atom is -0.316 e. The molecule has 0 aromatic rings. The van der Waals surface area contributed by atoms with Gasteiger partial charge in [0.05, 0.1) is 0 Å². The van der Waals surface area contributed by atoms with Gasteiger partial charge in [0.15, 0.2) is 0 Å². The summed E-state index contributed by atoms with van der Waals surface area (Å²) in [6, 6.07) is -1.41. The third-order valence-electron chi connectivity index (χ3n) is 1.06. The fourth-order valence-corrected chi connectivity index (χ4v) is 0.385. The fraction of sp³-hybridized carbons (Fsp3) is 0.667. The molecule has 5 N–H and O–H groups in total. The standard InChI is InChI=1S/C3H7N5O3/c4-1-2(6-9)3(5,7-10)8-11/h1-2,4,6,9H,5H2. The van der Waals surface area contributed by atoms with Crippen molar-refractivity contribution in [2.45, 2.75) is 11.8 Å². The molecule has 0 aromatic heterocycles. The summed E-state index contributed by atoms with van der Waals surface area (Å²) in [5, 5.41) is 19.2. The Bertz CT molecular complexity index is 162. The molecule has 0 aliphatic rings. The molecule has 0 spiro atoms. The van der Waals surface area contributed by atoms with Crippen molar-refractivity contribution in [2.24, 2.45) is 16.1 Å². The van der Waals surface area contributed by atoms with Crippen LogP contribution in [0.15, 0.2) is 10.4 Å². The molecule has 0 fully saturated rings. The van der Waals surface area contributed by atoms with E-state index in [1.165, 1.54) is 5.48 Å². The van der Waals surface area contributed by atoms with Crippen LogP contribution in [0.4, 0.5) is 0 Å². The number of nitrogens with one attached hydrogen (secondary N) is 2. The van der Waals surface area contributed by atoms with Crippen LogP contribution < -0.4 is 11.2 Å². The largest absolute Gasteiger partial charge is 0.316 e. The summed E-state index contributed by atoms with van der Waals surface area (Å²) < 4.78 is 0. The van der Waals surface area contributed by atoms with E-state index in [-0.39, 0.29) is 0 Å². The molecular weight excluding hydrogens is 154 g/mol. The highest BCUT2D eigenvalue weighted by atomic mass is 16.5. The van der Waals surface area contributed by atoms with Crippen LogP contribution >= 0.6 is 0 Å².